The van der Waals surface area contributed by atoms with Crippen LogP contribution in [0, 0.1) is 15.9 Å². The van der Waals surface area contributed by atoms with E-state index in [9.17, 15) is 24.1 Å². The average molecular weight is 300 g/mol. The summed E-state index contributed by atoms with van der Waals surface area (Å²) in [6.07, 6.45) is 0.794. The number of nitrogens with zero attached hydrogens (tertiary/aromatic N) is 2. The first-order chi connectivity index (χ1) is 9.38. The first-order valence-electron chi connectivity index (χ1n) is 5.30. The van der Waals surface area contributed by atoms with Crippen molar-refractivity contribution >= 4 is 17.3 Å². The van der Waals surface area contributed by atoms with Gasteiger partial charge in [-0.3, -0.25) is 24.5 Å². The van der Waals surface area contributed by atoms with Gasteiger partial charge in [0.2, 0.25) is 0 Å². The van der Waals surface area contributed by atoms with E-state index < -0.39 is 27.7 Å². The van der Waals surface area contributed by atoms with Gasteiger partial charge in [-0.05, 0) is 23.8 Å². The van der Waals surface area contributed by atoms with Crippen molar-refractivity contribution in [3.05, 3.63) is 71.8 Å². The minimum absolute atomic E-state index is 0.201. The van der Waals surface area contributed by atoms with Crippen LogP contribution >= 0.6 is 11.6 Å². The van der Waals surface area contributed by atoms with E-state index >= 15 is 0 Å². The topological polar surface area (TPSA) is 98.0 Å². The van der Waals surface area contributed by atoms with Crippen molar-refractivity contribution in [3.8, 4) is 0 Å². The monoisotopic (exact) mass is 299 g/mol. The highest BCUT2D eigenvalue weighted by molar-refractivity contribution is 6.31. The summed E-state index contributed by atoms with van der Waals surface area (Å²) in [7, 11) is 0. The van der Waals surface area contributed by atoms with Gasteiger partial charge in [0.25, 0.3) is 0 Å². The quantitative estimate of drug-likeness (QED) is 0.682. The second-order valence-electron chi connectivity index (χ2n) is 3.89. The number of hydrogen-bond donors (Lipinski definition) is 1. The van der Waals surface area contributed by atoms with Gasteiger partial charge in [-0.15, -0.1) is 0 Å². The summed E-state index contributed by atoms with van der Waals surface area (Å²) in [6, 6.07) is 3.55. The number of H-pyrrole nitrogens is 1. The SMILES string of the molecule is O=c1[nH]c(=O)n(Cc2cc(F)ccc2Cl)cc1[N+](=O)[O-]. The van der Waals surface area contributed by atoms with Crippen LogP contribution in [-0.4, -0.2) is 14.5 Å². The van der Waals surface area contributed by atoms with Crippen molar-refractivity contribution in [1.82, 2.24) is 9.55 Å². The van der Waals surface area contributed by atoms with Crippen LogP contribution in [0.5, 0.6) is 0 Å². The van der Waals surface area contributed by atoms with Crippen molar-refractivity contribution in [2.75, 3.05) is 0 Å². The van der Waals surface area contributed by atoms with Crippen molar-refractivity contribution in [1.29, 1.82) is 0 Å². The van der Waals surface area contributed by atoms with Gasteiger partial charge in [-0.25, -0.2) is 9.18 Å². The van der Waals surface area contributed by atoms with Crippen LogP contribution in [-0.2, 0) is 6.54 Å². The molecule has 9 heteroatoms. The van der Waals surface area contributed by atoms with E-state index in [2.05, 4.69) is 0 Å². The summed E-state index contributed by atoms with van der Waals surface area (Å²) < 4.78 is 14.0. The van der Waals surface area contributed by atoms with Crippen molar-refractivity contribution < 1.29 is 9.31 Å². The summed E-state index contributed by atoms with van der Waals surface area (Å²) >= 11 is 5.84. The fourth-order valence-corrected chi connectivity index (χ4v) is 1.77. The molecule has 0 fully saturated rings. The standard InChI is InChI=1S/C11H7ClFN3O4/c12-8-2-1-7(13)3-6(8)4-15-5-9(16(19)20)10(17)14-11(15)18/h1-3,5H,4H2,(H,14,17,18). The molecule has 7 nitrogen and oxygen atoms in total. The molecule has 0 radical (unpaired) electrons. The van der Waals surface area contributed by atoms with Crippen LogP contribution < -0.4 is 11.2 Å². The molecule has 0 aliphatic rings. The smallest absolute Gasteiger partial charge is 0.289 e. The number of nitrogens with one attached hydrogen (secondary N) is 1. The second kappa shape index (κ2) is 5.25. The van der Waals surface area contributed by atoms with Crippen LogP contribution in [0.25, 0.3) is 0 Å². The zero-order valence-electron chi connectivity index (χ0n) is 9.80. The largest absolute Gasteiger partial charge is 0.350 e. The maximum atomic E-state index is 13.1. The lowest BCUT2D eigenvalue weighted by Crippen LogP contribution is -2.31. The maximum Gasteiger partial charge on any atom is 0.350 e. The van der Waals surface area contributed by atoms with Gasteiger partial charge < -0.3 is 0 Å². The number of halogens is 2. The predicted octanol–water partition coefficient (Wildman–Crippen LogP) is 1.29. The Labute approximate surface area is 115 Å². The van der Waals surface area contributed by atoms with Gasteiger partial charge in [0.15, 0.2) is 0 Å². The third kappa shape index (κ3) is 2.75. The molecule has 1 heterocycles. The first-order valence-corrected chi connectivity index (χ1v) is 5.68. The minimum atomic E-state index is -1.10. The molecular weight excluding hydrogens is 293 g/mol. The van der Waals surface area contributed by atoms with E-state index in [0.717, 1.165) is 22.9 Å². The van der Waals surface area contributed by atoms with Gasteiger partial charge in [0, 0.05) is 5.02 Å². The summed E-state index contributed by atoms with van der Waals surface area (Å²) in [5.74, 6) is -0.559. The molecule has 1 aromatic heterocycles. The molecule has 0 bridgehead atoms. The molecule has 0 unspecified atom stereocenters. The molecule has 1 aromatic carbocycles. The maximum absolute atomic E-state index is 13.1. The normalized spacial score (nSPS) is 10.5. The van der Waals surface area contributed by atoms with Crippen LogP contribution in [0.2, 0.25) is 5.02 Å². The summed E-state index contributed by atoms with van der Waals surface area (Å²) in [6.45, 7) is -0.201. The number of hydrogen-bond acceptors (Lipinski definition) is 4. The summed E-state index contributed by atoms with van der Waals surface area (Å²) in [4.78, 5) is 34.3. The van der Waals surface area contributed by atoms with E-state index in [-0.39, 0.29) is 17.1 Å². The molecule has 2 rings (SSSR count). The molecule has 0 amide bonds. The molecule has 0 saturated carbocycles. The zero-order valence-corrected chi connectivity index (χ0v) is 10.6. The predicted molar refractivity (Wildman–Crippen MR) is 68.5 cm³/mol. The molecule has 2 aromatic rings. The molecule has 0 saturated heterocycles. The van der Waals surface area contributed by atoms with E-state index in [4.69, 9.17) is 11.6 Å². The first kappa shape index (κ1) is 13.9. The third-order valence-electron chi connectivity index (χ3n) is 2.54. The van der Waals surface area contributed by atoms with E-state index in [1.807, 2.05) is 4.98 Å². The number of aromatic amines is 1. The Kier molecular flexibility index (Phi) is 3.66. The molecule has 20 heavy (non-hydrogen) atoms. The Morgan fingerprint density at radius 1 is 1.40 bits per heavy atom. The van der Waals surface area contributed by atoms with Crippen LogP contribution in [0.4, 0.5) is 10.1 Å². The molecule has 1 N–H and O–H groups in total. The highest BCUT2D eigenvalue weighted by Gasteiger charge is 2.15. The van der Waals surface area contributed by atoms with E-state index in [1.54, 1.807) is 0 Å². The lowest BCUT2D eigenvalue weighted by molar-refractivity contribution is -0.386. The Morgan fingerprint density at radius 3 is 2.75 bits per heavy atom. The average Bonchev–Trinajstić information content (AvgIpc) is 2.36. The molecule has 104 valence electrons. The fraction of sp³-hybridized carbons (Fsp3) is 0.0909. The molecule has 0 atom stereocenters. The molecular formula is C11H7ClFN3O4. The highest BCUT2D eigenvalue weighted by atomic mass is 35.5. The number of aromatic nitrogens is 2. The number of nitro groups is 1. The van der Waals surface area contributed by atoms with Crippen molar-refractivity contribution in [2.24, 2.45) is 0 Å². The lowest BCUT2D eigenvalue weighted by Gasteiger charge is -2.07. The van der Waals surface area contributed by atoms with E-state index in [0.29, 0.717) is 0 Å². The Morgan fingerprint density at radius 2 is 2.10 bits per heavy atom. The Balaban J connectivity index is 2.51. The van der Waals surface area contributed by atoms with Gasteiger partial charge in [0.05, 0.1) is 17.7 Å². The number of rotatable bonds is 3. The van der Waals surface area contributed by atoms with Crippen molar-refractivity contribution in [3.63, 3.8) is 0 Å². The summed E-state index contributed by atoms with van der Waals surface area (Å²) in [5.41, 5.74) is -2.46. The summed E-state index contributed by atoms with van der Waals surface area (Å²) in [5, 5.41) is 10.8. The zero-order chi connectivity index (χ0) is 14.9. The van der Waals surface area contributed by atoms with Gasteiger partial charge >= 0.3 is 16.9 Å². The van der Waals surface area contributed by atoms with Crippen LogP contribution in [0.15, 0.2) is 34.0 Å². The van der Waals surface area contributed by atoms with Crippen LogP contribution in [0.1, 0.15) is 5.56 Å². The highest BCUT2D eigenvalue weighted by Crippen LogP contribution is 2.17. The van der Waals surface area contributed by atoms with Gasteiger partial charge in [-0.2, -0.15) is 0 Å². The third-order valence-corrected chi connectivity index (χ3v) is 2.91. The Hall–Kier alpha value is -2.48. The second-order valence-corrected chi connectivity index (χ2v) is 4.30. The fourth-order valence-electron chi connectivity index (χ4n) is 1.59. The minimum Gasteiger partial charge on any atom is -0.289 e. The lowest BCUT2D eigenvalue weighted by atomic mass is 10.2. The van der Waals surface area contributed by atoms with Gasteiger partial charge in [0.1, 0.15) is 5.82 Å². The van der Waals surface area contributed by atoms with Gasteiger partial charge in [-0.1, -0.05) is 11.6 Å². The van der Waals surface area contributed by atoms with E-state index in [1.165, 1.54) is 6.07 Å². The molecule has 0 aliphatic carbocycles. The molecule has 0 aliphatic heterocycles. The Bertz CT molecular complexity index is 799. The molecule has 0 spiro atoms. The number of benzene rings is 1. The van der Waals surface area contributed by atoms with Crippen molar-refractivity contribution in [2.45, 2.75) is 6.54 Å². The van der Waals surface area contributed by atoms with Crippen LogP contribution in [0.3, 0.4) is 0 Å².